The number of hydrogen-bond donors (Lipinski definition) is 2. The molecule has 1 heterocycles. The Bertz CT molecular complexity index is 241. The van der Waals surface area contributed by atoms with E-state index in [0.717, 1.165) is 32.1 Å². The topological polar surface area (TPSA) is 53.0 Å². The van der Waals surface area contributed by atoms with Crippen LogP contribution in [0.3, 0.4) is 0 Å². The zero-order chi connectivity index (χ0) is 13.1. The largest absolute Gasteiger partial charge is 0.445 e. The summed E-state index contributed by atoms with van der Waals surface area (Å²) in [5, 5.41) is 17.8. The first kappa shape index (κ1) is 14.7. The third-order valence-electron chi connectivity index (χ3n) is 2.99. The molecule has 1 aliphatic heterocycles. The zero-order valence-corrected chi connectivity index (χ0v) is 9.83. The van der Waals surface area contributed by atoms with Crippen molar-refractivity contribution in [3.63, 3.8) is 0 Å². The Labute approximate surface area is 98.6 Å². The van der Waals surface area contributed by atoms with Crippen LogP contribution in [0.1, 0.15) is 45.4 Å². The molecule has 0 bridgehead atoms. The van der Waals surface area contributed by atoms with Crippen molar-refractivity contribution in [2.45, 2.75) is 69.6 Å². The lowest BCUT2D eigenvalue weighted by Crippen LogP contribution is -2.50. The molecule has 6 heteroatoms. The molecule has 102 valence electrons. The fourth-order valence-corrected chi connectivity index (χ4v) is 1.83. The highest BCUT2D eigenvalue weighted by atomic mass is 19.4. The number of rotatable bonds is 7. The van der Waals surface area contributed by atoms with E-state index < -0.39 is 24.2 Å². The number of ether oxygens (including phenoxy) is 1. The van der Waals surface area contributed by atoms with Crippen LogP contribution >= 0.6 is 0 Å². The van der Waals surface area contributed by atoms with Crippen molar-refractivity contribution in [2.75, 3.05) is 0 Å². The van der Waals surface area contributed by atoms with Crippen LogP contribution in [-0.4, -0.2) is 34.4 Å². The number of alkyl halides is 3. The summed E-state index contributed by atoms with van der Waals surface area (Å²) in [6, 6.07) is 0. The normalized spacial score (nSPS) is 25.1. The van der Waals surface area contributed by atoms with Crippen molar-refractivity contribution in [3.05, 3.63) is 0 Å². The summed E-state index contributed by atoms with van der Waals surface area (Å²) in [4.78, 5) is 0. The van der Waals surface area contributed by atoms with E-state index >= 15 is 0 Å². The minimum atomic E-state index is -5.06. The Morgan fingerprint density at radius 3 is 2.18 bits per heavy atom. The lowest BCUT2D eigenvalue weighted by atomic mass is 10.0. The zero-order valence-electron chi connectivity index (χ0n) is 9.83. The monoisotopic (exact) mass is 256 g/mol. The van der Waals surface area contributed by atoms with Gasteiger partial charge in [-0.2, -0.15) is 13.2 Å². The minimum Gasteiger partial charge on any atom is -0.363 e. The number of halogens is 3. The first-order valence-electron chi connectivity index (χ1n) is 5.97. The highest BCUT2D eigenvalue weighted by molar-refractivity contribution is 4.98. The molecular formula is C11H19F3O3. The van der Waals surface area contributed by atoms with Gasteiger partial charge in [0.15, 0.2) is 0 Å². The molecule has 2 atom stereocenters. The Hall–Kier alpha value is -0.330. The Kier molecular flexibility index (Phi) is 4.80. The van der Waals surface area contributed by atoms with E-state index in [-0.39, 0.29) is 0 Å². The molecule has 3 nitrogen and oxygen atoms in total. The standard InChI is InChI=1S/C11H19F3O3/c1-2-3-4-5-6-7-8-9(17-8)10(15,16)11(12,13)14/h8-9,15-16H,2-7H2,1H3/t8-,9+/m1/s1. The van der Waals surface area contributed by atoms with Gasteiger partial charge in [-0.25, -0.2) is 0 Å². The van der Waals surface area contributed by atoms with Gasteiger partial charge in [-0.1, -0.05) is 39.0 Å². The van der Waals surface area contributed by atoms with Crippen LogP contribution in [0.25, 0.3) is 0 Å². The van der Waals surface area contributed by atoms with E-state index in [1.807, 2.05) is 0 Å². The number of unbranched alkanes of at least 4 members (excludes halogenated alkanes) is 4. The summed E-state index contributed by atoms with van der Waals surface area (Å²) in [5.41, 5.74) is 0. The predicted molar refractivity (Wildman–Crippen MR) is 55.3 cm³/mol. The smallest absolute Gasteiger partial charge is 0.363 e. The molecule has 0 radical (unpaired) electrons. The summed E-state index contributed by atoms with van der Waals surface area (Å²) in [7, 11) is 0. The molecule has 17 heavy (non-hydrogen) atoms. The van der Waals surface area contributed by atoms with Crippen molar-refractivity contribution >= 4 is 0 Å². The Balaban J connectivity index is 2.20. The summed E-state index contributed by atoms with van der Waals surface area (Å²) >= 11 is 0. The van der Waals surface area contributed by atoms with Gasteiger partial charge in [-0.05, 0) is 6.42 Å². The molecule has 2 N–H and O–H groups in total. The summed E-state index contributed by atoms with van der Waals surface area (Å²) in [6.07, 6.45) is -1.83. The van der Waals surface area contributed by atoms with Gasteiger partial charge in [0, 0.05) is 0 Å². The van der Waals surface area contributed by atoms with Crippen LogP contribution < -0.4 is 0 Å². The predicted octanol–water partition coefficient (Wildman–Crippen LogP) is 2.36. The van der Waals surface area contributed by atoms with Crippen LogP contribution in [0.15, 0.2) is 0 Å². The van der Waals surface area contributed by atoms with Gasteiger partial charge < -0.3 is 14.9 Å². The van der Waals surface area contributed by atoms with E-state index in [2.05, 4.69) is 6.92 Å². The number of aliphatic hydroxyl groups is 2. The number of epoxide rings is 1. The molecule has 0 spiro atoms. The molecule has 1 fully saturated rings. The second kappa shape index (κ2) is 5.54. The highest BCUT2D eigenvalue weighted by Crippen LogP contribution is 2.43. The molecule has 0 aromatic rings. The van der Waals surface area contributed by atoms with Crippen molar-refractivity contribution in [3.8, 4) is 0 Å². The van der Waals surface area contributed by atoms with Gasteiger partial charge in [-0.3, -0.25) is 0 Å². The van der Waals surface area contributed by atoms with Gasteiger partial charge in [-0.15, -0.1) is 0 Å². The van der Waals surface area contributed by atoms with Gasteiger partial charge in [0.05, 0.1) is 6.10 Å². The second-order valence-corrected chi connectivity index (χ2v) is 4.52. The molecule has 1 rings (SSSR count). The Morgan fingerprint density at radius 2 is 1.65 bits per heavy atom. The third kappa shape index (κ3) is 3.82. The molecule has 1 aliphatic rings. The molecule has 0 amide bonds. The third-order valence-corrected chi connectivity index (χ3v) is 2.99. The van der Waals surface area contributed by atoms with E-state index in [0.29, 0.717) is 6.42 Å². The lowest BCUT2D eigenvalue weighted by molar-refractivity contribution is -0.355. The van der Waals surface area contributed by atoms with Crippen molar-refractivity contribution < 1.29 is 28.1 Å². The average Bonchev–Trinajstić information content (AvgIpc) is 2.96. The molecule has 0 saturated carbocycles. The van der Waals surface area contributed by atoms with Crippen LogP contribution in [0.5, 0.6) is 0 Å². The number of hydrogen-bond acceptors (Lipinski definition) is 3. The van der Waals surface area contributed by atoms with Crippen LogP contribution in [0.2, 0.25) is 0 Å². The maximum Gasteiger partial charge on any atom is 0.445 e. The molecule has 0 aliphatic carbocycles. The van der Waals surface area contributed by atoms with Crippen LogP contribution in [0.4, 0.5) is 13.2 Å². The van der Waals surface area contributed by atoms with E-state index in [4.69, 9.17) is 14.9 Å². The van der Waals surface area contributed by atoms with Crippen molar-refractivity contribution in [1.29, 1.82) is 0 Å². The van der Waals surface area contributed by atoms with Gasteiger partial charge in [0.25, 0.3) is 5.79 Å². The molecular weight excluding hydrogens is 237 g/mol. The van der Waals surface area contributed by atoms with Crippen LogP contribution in [0, 0.1) is 0 Å². The van der Waals surface area contributed by atoms with Crippen LogP contribution in [-0.2, 0) is 4.74 Å². The fourth-order valence-electron chi connectivity index (χ4n) is 1.83. The summed E-state index contributed by atoms with van der Waals surface area (Å²) in [5.74, 6) is -3.71. The maximum atomic E-state index is 12.2. The fraction of sp³-hybridized carbons (Fsp3) is 1.00. The first-order chi connectivity index (χ1) is 7.80. The first-order valence-corrected chi connectivity index (χ1v) is 5.97. The SMILES string of the molecule is CCCCCCC[C@H]1O[C@@H]1C(O)(O)C(F)(F)F. The van der Waals surface area contributed by atoms with Crippen molar-refractivity contribution in [2.24, 2.45) is 0 Å². The highest BCUT2D eigenvalue weighted by Gasteiger charge is 2.67. The summed E-state index contributed by atoms with van der Waals surface area (Å²) in [6.45, 7) is 2.08. The molecule has 0 aromatic heterocycles. The minimum absolute atomic E-state index is 0.452. The van der Waals surface area contributed by atoms with E-state index in [9.17, 15) is 13.2 Å². The summed E-state index contributed by atoms with van der Waals surface area (Å²) < 4.78 is 41.3. The molecule has 0 unspecified atom stereocenters. The van der Waals surface area contributed by atoms with Gasteiger partial charge >= 0.3 is 6.18 Å². The lowest BCUT2D eigenvalue weighted by Gasteiger charge is -2.22. The average molecular weight is 256 g/mol. The van der Waals surface area contributed by atoms with E-state index in [1.165, 1.54) is 0 Å². The quantitative estimate of drug-likeness (QED) is 0.417. The van der Waals surface area contributed by atoms with E-state index in [1.54, 1.807) is 0 Å². The van der Waals surface area contributed by atoms with Gasteiger partial charge in [0.2, 0.25) is 0 Å². The Morgan fingerprint density at radius 1 is 1.06 bits per heavy atom. The van der Waals surface area contributed by atoms with Gasteiger partial charge in [0.1, 0.15) is 6.10 Å². The maximum absolute atomic E-state index is 12.2. The molecule has 0 aromatic carbocycles. The van der Waals surface area contributed by atoms with Crippen molar-refractivity contribution in [1.82, 2.24) is 0 Å². The molecule has 1 saturated heterocycles. The second-order valence-electron chi connectivity index (χ2n) is 4.52.